The van der Waals surface area contributed by atoms with Crippen LogP contribution in [0.3, 0.4) is 0 Å². The van der Waals surface area contributed by atoms with Gasteiger partial charge in [0.15, 0.2) is 16.6 Å². The molecule has 3 rings (SSSR count). The molecule has 0 fully saturated rings. The minimum absolute atomic E-state index is 0.00458. The van der Waals surface area contributed by atoms with E-state index in [0.29, 0.717) is 12.8 Å². The van der Waals surface area contributed by atoms with Gasteiger partial charge in [-0.2, -0.15) is 0 Å². The number of aromatic nitrogens is 4. The molecule has 3 aromatic rings. The van der Waals surface area contributed by atoms with Crippen molar-refractivity contribution >= 4 is 45.4 Å². The van der Waals surface area contributed by atoms with Crippen LogP contribution in [-0.4, -0.2) is 30.9 Å². The molecule has 0 radical (unpaired) electrons. The molecule has 0 saturated carbocycles. The second kappa shape index (κ2) is 13.8. The predicted molar refractivity (Wildman–Crippen MR) is 133 cm³/mol. The summed E-state index contributed by atoms with van der Waals surface area (Å²) < 4.78 is 56.1. The zero-order valence-corrected chi connectivity index (χ0v) is 20.8. The summed E-state index contributed by atoms with van der Waals surface area (Å²) in [5.74, 6) is 0.0233. The van der Waals surface area contributed by atoms with E-state index in [1.54, 1.807) is 0 Å². The number of nitrogens with one attached hydrogen (secondary N) is 1. The first-order chi connectivity index (χ1) is 17.9. The summed E-state index contributed by atoms with van der Waals surface area (Å²) in [6, 6.07) is 7.32. The van der Waals surface area contributed by atoms with Gasteiger partial charge in [0.2, 0.25) is 0 Å². The summed E-state index contributed by atoms with van der Waals surface area (Å²) in [7, 11) is 0. The van der Waals surface area contributed by atoms with Crippen LogP contribution < -0.4 is 0 Å². The van der Waals surface area contributed by atoms with E-state index in [0.717, 1.165) is 10.0 Å². The Balaban J connectivity index is 0.000000306. The Labute approximate surface area is 217 Å². The number of nitrogens with zero attached hydrogens (tertiary/aromatic N) is 3. The maximum absolute atomic E-state index is 10.8. The topological polar surface area (TPSA) is 83.8 Å². The fourth-order valence-electron chi connectivity index (χ4n) is 2.57. The summed E-state index contributed by atoms with van der Waals surface area (Å²) in [5, 5.41) is 9.46. The zero-order valence-electron chi connectivity index (χ0n) is 24.7. The number of aromatic amines is 1. The quantitative estimate of drug-likeness (QED) is 0.286. The number of hydrogen-bond acceptors (Lipinski definition) is 4. The van der Waals surface area contributed by atoms with Gasteiger partial charge in [-0.05, 0) is 30.5 Å². The average molecular weight is 551 g/mol. The summed E-state index contributed by atoms with van der Waals surface area (Å²) >= 11 is 15.0. The summed E-state index contributed by atoms with van der Waals surface area (Å²) in [4.78, 5) is 20.9. The van der Waals surface area contributed by atoms with Gasteiger partial charge in [0.05, 0.1) is 15.0 Å². The van der Waals surface area contributed by atoms with E-state index in [4.69, 9.17) is 32.8 Å². The number of aliphatic hydroxyl groups is 1. The minimum atomic E-state index is -2.72. The van der Waals surface area contributed by atoms with Gasteiger partial charge in [0, 0.05) is 29.2 Å². The summed E-state index contributed by atoms with van der Waals surface area (Å²) in [6.45, 7) is 1.13. The van der Waals surface area contributed by atoms with Crippen LogP contribution in [0.1, 0.15) is 82.5 Å². The van der Waals surface area contributed by atoms with Gasteiger partial charge in [0.25, 0.3) is 0 Å². The molecule has 0 saturated heterocycles. The van der Waals surface area contributed by atoms with Crippen molar-refractivity contribution in [3.05, 3.63) is 67.6 Å². The number of aryl methyl sites for hydroxylation is 2. The van der Waals surface area contributed by atoms with Crippen molar-refractivity contribution in [2.75, 3.05) is 0 Å². The Morgan fingerprint density at radius 3 is 2.38 bits per heavy atom. The molecule has 2 aromatic heterocycles. The van der Waals surface area contributed by atoms with E-state index in [9.17, 15) is 9.90 Å². The Morgan fingerprint density at radius 1 is 1.16 bits per heavy atom. The first-order valence-corrected chi connectivity index (χ1v) is 11.5. The van der Waals surface area contributed by atoms with Crippen molar-refractivity contribution in [2.24, 2.45) is 0 Å². The maximum Gasteiger partial charge on any atom is 0.169 e. The van der Waals surface area contributed by atoms with Crippen molar-refractivity contribution < 1.29 is 19.5 Å². The van der Waals surface area contributed by atoms with Crippen LogP contribution in [0.25, 0.3) is 0 Å². The Bertz CT molecular complexity index is 1280. The highest BCUT2D eigenvalue weighted by Gasteiger charge is 2.15. The highest BCUT2D eigenvalue weighted by Crippen LogP contribution is 2.21. The van der Waals surface area contributed by atoms with Gasteiger partial charge in [-0.1, -0.05) is 78.0 Å². The van der Waals surface area contributed by atoms with E-state index in [1.807, 2.05) is 38.1 Å². The van der Waals surface area contributed by atoms with E-state index >= 15 is 0 Å². The Hall–Kier alpha value is -1.67. The Morgan fingerprint density at radius 2 is 1.81 bits per heavy atom. The molecule has 2 N–H and O–H groups in total. The lowest BCUT2D eigenvalue weighted by molar-refractivity contribution is 0.111. The molecule has 0 atom stereocenters. The van der Waals surface area contributed by atoms with Crippen LogP contribution in [0.4, 0.5) is 0 Å². The van der Waals surface area contributed by atoms with E-state index in [2.05, 4.69) is 30.9 Å². The van der Waals surface area contributed by atoms with Crippen LogP contribution in [0.15, 0.2) is 28.7 Å². The molecule has 174 valence electrons. The number of halogens is 3. The van der Waals surface area contributed by atoms with Crippen LogP contribution in [-0.2, 0) is 25.8 Å². The number of carbonyl (C=O) groups excluding carboxylic acids is 1. The number of rotatable bonds is 10. The first kappa shape index (κ1) is 17.8. The molecule has 0 unspecified atom stereocenters. The van der Waals surface area contributed by atoms with Crippen LogP contribution >= 0.6 is 39.1 Å². The molecule has 9 heteroatoms. The first-order valence-electron chi connectivity index (χ1n) is 13.4. The fourth-order valence-corrected chi connectivity index (χ4v) is 3.23. The predicted octanol–water partition coefficient (Wildman–Crippen LogP) is 6.40. The highest BCUT2D eigenvalue weighted by atomic mass is 79.9. The molecule has 0 bridgehead atoms. The molecular weight excluding hydrogens is 515 g/mol. The van der Waals surface area contributed by atoms with Gasteiger partial charge in [-0.25, -0.2) is 9.97 Å². The monoisotopic (exact) mass is 549 g/mol. The standard InChI is InChI=1S/C15H18BrClN2O.C8H11ClN2O/c1-2-3-4-14-18-15(17)13(10-20)19(14)9-11-5-7-12(16)8-6-11;1-2-3-4-7-10-6(5-12)8(9)11-7/h5-8,20H,2-4,9-10H2,1H3;5H,2-4H2,1H3,(H,10,11)/i4D2,10D2;4D2,5D. The van der Waals surface area contributed by atoms with Gasteiger partial charge >= 0.3 is 0 Å². The molecule has 0 aliphatic rings. The van der Waals surface area contributed by atoms with Crippen molar-refractivity contribution in [2.45, 2.75) is 65.4 Å². The maximum atomic E-state index is 10.8. The average Bonchev–Trinajstić information content (AvgIpc) is 3.36. The number of H-pyrrole nitrogens is 1. The van der Waals surface area contributed by atoms with Crippen LogP contribution in [0.5, 0.6) is 0 Å². The van der Waals surface area contributed by atoms with Crippen molar-refractivity contribution in [3.8, 4) is 0 Å². The molecule has 0 spiro atoms. The summed E-state index contributed by atoms with van der Waals surface area (Å²) in [5.41, 5.74) is 0.417. The third kappa shape index (κ3) is 7.73. The van der Waals surface area contributed by atoms with Gasteiger partial charge in [-0.15, -0.1) is 0 Å². The van der Waals surface area contributed by atoms with Crippen LogP contribution in [0, 0.1) is 0 Å². The lowest BCUT2D eigenvalue weighted by atomic mass is 10.2. The van der Waals surface area contributed by atoms with E-state index in [1.165, 1.54) is 4.57 Å². The smallest absolute Gasteiger partial charge is 0.169 e. The molecule has 1 aromatic carbocycles. The lowest BCUT2D eigenvalue weighted by Gasteiger charge is -2.11. The second-order valence-corrected chi connectivity index (χ2v) is 8.24. The highest BCUT2D eigenvalue weighted by molar-refractivity contribution is 9.10. The number of benzene rings is 1. The summed E-state index contributed by atoms with van der Waals surface area (Å²) in [6.07, 6.45) is -2.68. The number of hydrogen-bond donors (Lipinski definition) is 2. The Kier molecular flexibility index (Phi) is 7.65. The zero-order chi connectivity index (χ0) is 29.8. The molecule has 6 nitrogen and oxygen atoms in total. The molecule has 2 heterocycles. The van der Waals surface area contributed by atoms with Crippen LogP contribution in [0.2, 0.25) is 10.3 Å². The largest absolute Gasteiger partial charge is 0.390 e. The number of imidazole rings is 2. The number of aldehydes is 1. The van der Waals surface area contributed by atoms with Gasteiger partial charge in [0.1, 0.15) is 18.7 Å². The SMILES string of the molecule is [2H]C(=O)c1[nH]c(C([2H])([2H])CCC)nc1Cl.[2H]C([2H])(O)c1c(Cl)nc(C([2H])([2H])CCC)n1Cc1ccc(Br)cc1. The normalized spacial score (nSPS) is 15.2. The second-order valence-electron chi connectivity index (χ2n) is 6.61. The van der Waals surface area contributed by atoms with Crippen molar-refractivity contribution in [1.29, 1.82) is 0 Å². The minimum Gasteiger partial charge on any atom is -0.390 e. The van der Waals surface area contributed by atoms with Crippen molar-refractivity contribution in [3.63, 3.8) is 0 Å². The molecular formula is C23H29BrCl2N4O2. The molecule has 0 aliphatic heterocycles. The van der Waals surface area contributed by atoms with Gasteiger partial charge in [-0.3, -0.25) is 4.79 Å². The van der Waals surface area contributed by atoms with E-state index in [-0.39, 0.29) is 52.7 Å². The lowest BCUT2D eigenvalue weighted by Crippen LogP contribution is -2.09. The van der Waals surface area contributed by atoms with Crippen molar-refractivity contribution in [1.82, 2.24) is 19.5 Å². The molecule has 0 aliphatic carbocycles. The molecule has 32 heavy (non-hydrogen) atoms. The van der Waals surface area contributed by atoms with E-state index < -0.39 is 25.6 Å². The third-order valence-electron chi connectivity index (χ3n) is 4.12. The number of carbonyl (C=O) groups is 1. The fraction of sp³-hybridized carbons (Fsp3) is 0.435. The third-order valence-corrected chi connectivity index (χ3v) is 5.19. The van der Waals surface area contributed by atoms with Gasteiger partial charge < -0.3 is 14.7 Å². The molecule has 0 amide bonds.